The number of anilines is 2. The number of nitrogens with one attached hydrogen (secondary N) is 1. The summed E-state index contributed by atoms with van der Waals surface area (Å²) in [7, 11) is 3.16. The second-order valence-corrected chi connectivity index (χ2v) is 9.17. The van der Waals surface area contributed by atoms with Crippen molar-refractivity contribution in [3.63, 3.8) is 0 Å². The highest BCUT2D eigenvalue weighted by Crippen LogP contribution is 2.43. The summed E-state index contributed by atoms with van der Waals surface area (Å²) in [5.41, 5.74) is 5.61. The van der Waals surface area contributed by atoms with Gasteiger partial charge in [0.1, 0.15) is 0 Å². The smallest absolute Gasteiger partial charge is 0.229 e. The quantitative estimate of drug-likeness (QED) is 0.496. The minimum Gasteiger partial charge on any atom is -0.493 e. The third-order valence-electron chi connectivity index (χ3n) is 6.48. The van der Waals surface area contributed by atoms with Gasteiger partial charge in [0.15, 0.2) is 11.5 Å². The molecule has 6 heteroatoms. The van der Waals surface area contributed by atoms with Crippen molar-refractivity contribution in [2.24, 2.45) is 5.92 Å². The van der Waals surface area contributed by atoms with Crippen LogP contribution in [-0.4, -0.2) is 26.0 Å². The Bertz CT molecular complexity index is 1220. The molecule has 2 amide bonds. The highest BCUT2D eigenvalue weighted by Gasteiger charge is 2.41. The van der Waals surface area contributed by atoms with Gasteiger partial charge in [0.25, 0.3) is 0 Å². The van der Waals surface area contributed by atoms with Crippen molar-refractivity contribution in [3.8, 4) is 11.5 Å². The van der Waals surface area contributed by atoms with Crippen LogP contribution < -0.4 is 19.7 Å². The number of nitrogens with zero attached hydrogens (tertiary/aromatic N) is 1. The highest BCUT2D eigenvalue weighted by atomic mass is 16.5. The summed E-state index contributed by atoms with van der Waals surface area (Å²) in [4.78, 5) is 28.7. The fourth-order valence-corrected chi connectivity index (χ4v) is 4.88. The number of amides is 2. The molecule has 0 spiro atoms. The minimum atomic E-state index is -0.496. The van der Waals surface area contributed by atoms with E-state index in [4.69, 9.17) is 9.47 Å². The van der Waals surface area contributed by atoms with Gasteiger partial charge in [-0.2, -0.15) is 0 Å². The Labute approximate surface area is 206 Å². The van der Waals surface area contributed by atoms with E-state index in [1.54, 1.807) is 19.1 Å². The monoisotopic (exact) mass is 472 g/mol. The van der Waals surface area contributed by atoms with E-state index in [0.717, 1.165) is 33.6 Å². The molecule has 0 aromatic heterocycles. The Kier molecular flexibility index (Phi) is 7.10. The Morgan fingerprint density at radius 1 is 0.857 bits per heavy atom. The molecule has 0 unspecified atom stereocenters. The van der Waals surface area contributed by atoms with E-state index in [9.17, 15) is 9.59 Å². The molecule has 2 atom stereocenters. The fourth-order valence-electron chi connectivity index (χ4n) is 4.88. The number of ether oxygens (including phenoxy) is 2. The number of benzene rings is 3. The van der Waals surface area contributed by atoms with Crippen LogP contribution in [0.5, 0.6) is 11.5 Å². The van der Waals surface area contributed by atoms with Crippen LogP contribution >= 0.6 is 0 Å². The molecule has 6 nitrogen and oxygen atoms in total. The van der Waals surface area contributed by atoms with Crippen LogP contribution in [-0.2, 0) is 9.59 Å². The Hall–Kier alpha value is -3.80. The van der Waals surface area contributed by atoms with Gasteiger partial charge in [-0.05, 0) is 80.3 Å². The van der Waals surface area contributed by atoms with Crippen molar-refractivity contribution in [1.82, 2.24) is 0 Å². The largest absolute Gasteiger partial charge is 0.493 e. The number of carbonyl (C=O) groups is 2. The number of hydrogen-bond acceptors (Lipinski definition) is 4. The summed E-state index contributed by atoms with van der Waals surface area (Å²) in [6.45, 7) is 6.02. The number of methoxy groups -OCH3 is 2. The topological polar surface area (TPSA) is 67.9 Å². The number of rotatable bonds is 6. The molecule has 1 aliphatic heterocycles. The Balaban J connectivity index is 1.78. The molecule has 1 fully saturated rings. The first-order valence-electron chi connectivity index (χ1n) is 11.8. The zero-order valence-electron chi connectivity index (χ0n) is 20.9. The summed E-state index contributed by atoms with van der Waals surface area (Å²) in [6, 6.07) is 18.9. The van der Waals surface area contributed by atoms with Crippen molar-refractivity contribution in [2.45, 2.75) is 39.7 Å². The zero-order chi connectivity index (χ0) is 25.1. The van der Waals surface area contributed by atoms with E-state index in [2.05, 4.69) is 11.4 Å². The number of carbonyl (C=O) groups excluding carboxylic acids is 2. The Morgan fingerprint density at radius 2 is 1.51 bits per heavy atom. The molecule has 1 aliphatic rings. The summed E-state index contributed by atoms with van der Waals surface area (Å²) in [5.74, 6) is 0.577. The summed E-state index contributed by atoms with van der Waals surface area (Å²) in [6.07, 6.45) is 0.749. The molecule has 3 aromatic carbocycles. The van der Waals surface area contributed by atoms with Crippen LogP contribution in [0.25, 0.3) is 0 Å². The molecule has 1 saturated heterocycles. The molecule has 0 saturated carbocycles. The molecule has 182 valence electrons. The van der Waals surface area contributed by atoms with Crippen LogP contribution in [0.15, 0.2) is 60.7 Å². The maximum Gasteiger partial charge on any atom is 0.229 e. The molecule has 1 heterocycles. The van der Waals surface area contributed by atoms with Crippen molar-refractivity contribution >= 4 is 23.2 Å². The molecule has 0 bridgehead atoms. The first kappa shape index (κ1) is 24.3. The number of aryl methyl sites for hydroxylation is 3. The molecule has 3 aromatic rings. The lowest BCUT2D eigenvalue weighted by molar-refractivity contribution is -0.125. The van der Waals surface area contributed by atoms with Gasteiger partial charge in [-0.1, -0.05) is 29.8 Å². The average molecular weight is 473 g/mol. The van der Waals surface area contributed by atoms with E-state index in [1.807, 2.05) is 75.4 Å². The summed E-state index contributed by atoms with van der Waals surface area (Å²) < 4.78 is 11.0. The molecule has 1 N–H and O–H groups in total. The number of piperidine rings is 1. The summed E-state index contributed by atoms with van der Waals surface area (Å²) in [5, 5.41) is 3.11. The minimum absolute atomic E-state index is 0.0101. The number of hydrogen-bond donors (Lipinski definition) is 1. The standard InChI is InChI=1S/C29H32N2O4/c1-18-6-9-23(10-7-18)31-27(32)13-11-24(29(33)30-22-15-19(2)14-20(3)16-22)28(31)21-8-12-25(34-4)26(17-21)35-5/h6-10,12,14-17,24,28H,11,13H2,1-5H3,(H,30,33)/t24-,28+/m1/s1. The van der Waals surface area contributed by atoms with Crippen molar-refractivity contribution in [1.29, 1.82) is 0 Å². The van der Waals surface area contributed by atoms with E-state index >= 15 is 0 Å². The van der Waals surface area contributed by atoms with Crippen molar-refractivity contribution < 1.29 is 19.1 Å². The predicted molar refractivity (Wildman–Crippen MR) is 138 cm³/mol. The van der Waals surface area contributed by atoms with Crippen LogP contribution in [0, 0.1) is 26.7 Å². The maximum atomic E-state index is 13.7. The zero-order valence-corrected chi connectivity index (χ0v) is 20.9. The normalized spacial score (nSPS) is 17.7. The van der Waals surface area contributed by atoms with E-state index in [-0.39, 0.29) is 11.8 Å². The molecular weight excluding hydrogens is 440 g/mol. The lowest BCUT2D eigenvalue weighted by atomic mass is 9.83. The molecule has 35 heavy (non-hydrogen) atoms. The second kappa shape index (κ2) is 10.2. The van der Waals surface area contributed by atoms with Gasteiger partial charge < -0.3 is 19.7 Å². The van der Waals surface area contributed by atoms with Crippen LogP contribution in [0.4, 0.5) is 11.4 Å². The van der Waals surface area contributed by atoms with Gasteiger partial charge in [-0.3, -0.25) is 9.59 Å². The molecule has 0 aliphatic carbocycles. The van der Waals surface area contributed by atoms with Gasteiger partial charge >= 0.3 is 0 Å². The Morgan fingerprint density at radius 3 is 2.14 bits per heavy atom. The van der Waals surface area contributed by atoms with Gasteiger partial charge in [0, 0.05) is 17.8 Å². The first-order chi connectivity index (χ1) is 16.8. The highest BCUT2D eigenvalue weighted by molar-refractivity contribution is 6.00. The maximum absolute atomic E-state index is 13.7. The lowest BCUT2D eigenvalue weighted by Gasteiger charge is -2.41. The third kappa shape index (κ3) is 5.16. The van der Waals surface area contributed by atoms with Crippen molar-refractivity contribution in [3.05, 3.63) is 82.9 Å². The third-order valence-corrected chi connectivity index (χ3v) is 6.48. The molecular formula is C29H32N2O4. The van der Waals surface area contributed by atoms with Crippen LogP contribution in [0.2, 0.25) is 0 Å². The van der Waals surface area contributed by atoms with E-state index in [1.165, 1.54) is 0 Å². The molecule has 0 radical (unpaired) electrons. The lowest BCUT2D eigenvalue weighted by Crippen LogP contribution is -2.47. The van der Waals surface area contributed by atoms with Gasteiger partial charge in [-0.15, -0.1) is 0 Å². The molecule has 4 rings (SSSR count). The predicted octanol–water partition coefficient (Wildman–Crippen LogP) is 5.75. The fraction of sp³-hybridized carbons (Fsp3) is 0.310. The van der Waals surface area contributed by atoms with Gasteiger partial charge in [-0.25, -0.2) is 0 Å². The van der Waals surface area contributed by atoms with E-state index in [0.29, 0.717) is 24.3 Å². The average Bonchev–Trinajstić information content (AvgIpc) is 2.83. The van der Waals surface area contributed by atoms with Crippen molar-refractivity contribution in [2.75, 3.05) is 24.4 Å². The van der Waals surface area contributed by atoms with Crippen LogP contribution in [0.1, 0.15) is 41.1 Å². The summed E-state index contributed by atoms with van der Waals surface area (Å²) >= 11 is 0. The SMILES string of the molecule is COc1ccc([C@H]2[C@H](C(=O)Nc3cc(C)cc(C)c3)CCC(=O)N2c2ccc(C)cc2)cc1OC. The van der Waals surface area contributed by atoms with Gasteiger partial charge in [0.05, 0.1) is 26.2 Å². The first-order valence-corrected chi connectivity index (χ1v) is 11.8. The van der Waals surface area contributed by atoms with E-state index < -0.39 is 12.0 Å². The second-order valence-electron chi connectivity index (χ2n) is 9.17. The van der Waals surface area contributed by atoms with Gasteiger partial charge in [0.2, 0.25) is 11.8 Å². The van der Waals surface area contributed by atoms with Crippen LogP contribution in [0.3, 0.4) is 0 Å².